The van der Waals surface area contributed by atoms with E-state index in [0.717, 1.165) is 29.7 Å². The van der Waals surface area contributed by atoms with Gasteiger partial charge in [0.25, 0.3) is 0 Å². The summed E-state index contributed by atoms with van der Waals surface area (Å²) in [5.41, 5.74) is 2.43. The van der Waals surface area contributed by atoms with Gasteiger partial charge in [0.1, 0.15) is 0 Å². The Kier molecular flexibility index (Phi) is 2.99. The molecule has 3 rings (SSSR count). The van der Waals surface area contributed by atoms with E-state index >= 15 is 0 Å². The maximum absolute atomic E-state index is 4.35. The van der Waals surface area contributed by atoms with Gasteiger partial charge < -0.3 is 4.57 Å². The van der Waals surface area contributed by atoms with E-state index in [2.05, 4.69) is 57.3 Å². The van der Waals surface area contributed by atoms with Crippen molar-refractivity contribution >= 4 is 28.6 Å². The Hall–Kier alpha value is -1.49. The fourth-order valence-corrected chi connectivity index (χ4v) is 2.97. The van der Waals surface area contributed by atoms with Crippen LogP contribution in [0.15, 0.2) is 29.4 Å². The van der Waals surface area contributed by atoms with Gasteiger partial charge in [0.05, 0.1) is 11.0 Å². The maximum Gasteiger partial charge on any atom is 0.237 e. The first-order valence-corrected chi connectivity index (χ1v) is 7.30. The minimum atomic E-state index is 0.953. The molecule has 0 N–H and O–H groups in total. The van der Waals surface area contributed by atoms with Gasteiger partial charge in [0.2, 0.25) is 5.78 Å². The molecule has 5 heteroatoms. The zero-order valence-corrected chi connectivity index (χ0v) is 11.4. The molecule has 0 aliphatic heterocycles. The third kappa shape index (κ3) is 1.61. The van der Waals surface area contributed by atoms with Crippen LogP contribution in [0.3, 0.4) is 0 Å². The van der Waals surface area contributed by atoms with E-state index in [9.17, 15) is 0 Å². The largest absolute Gasteiger partial charge is 0.308 e. The minimum absolute atomic E-state index is 0.953. The first-order valence-electron chi connectivity index (χ1n) is 6.32. The molecule has 0 aliphatic carbocycles. The molecule has 0 saturated heterocycles. The van der Waals surface area contributed by atoms with E-state index in [0.29, 0.717) is 0 Å². The monoisotopic (exact) mass is 260 g/mol. The van der Waals surface area contributed by atoms with Gasteiger partial charge in [-0.1, -0.05) is 37.7 Å². The van der Waals surface area contributed by atoms with Crippen molar-refractivity contribution in [1.82, 2.24) is 19.2 Å². The minimum Gasteiger partial charge on any atom is -0.308 e. The molecule has 0 aliphatic rings. The Balaban J connectivity index is 2.36. The number of para-hydroxylation sites is 2. The highest BCUT2D eigenvalue weighted by molar-refractivity contribution is 7.99. The lowest BCUT2D eigenvalue weighted by Crippen LogP contribution is -1.97. The topological polar surface area (TPSA) is 35.1 Å². The number of benzene rings is 1. The van der Waals surface area contributed by atoms with Crippen molar-refractivity contribution in [3.05, 3.63) is 24.3 Å². The van der Waals surface area contributed by atoms with Gasteiger partial charge in [-0.25, -0.2) is 0 Å². The summed E-state index contributed by atoms with van der Waals surface area (Å²) in [7, 11) is 0. The molecule has 0 radical (unpaired) electrons. The Morgan fingerprint density at radius 2 is 1.89 bits per heavy atom. The van der Waals surface area contributed by atoms with Crippen LogP contribution in [0.4, 0.5) is 0 Å². The normalized spacial score (nSPS) is 11.7. The Labute approximate surface area is 110 Å². The van der Waals surface area contributed by atoms with Crippen LogP contribution >= 0.6 is 11.8 Å². The van der Waals surface area contributed by atoms with Gasteiger partial charge in [0.15, 0.2) is 5.16 Å². The Morgan fingerprint density at radius 3 is 2.61 bits per heavy atom. The van der Waals surface area contributed by atoms with Crippen molar-refractivity contribution in [3.63, 3.8) is 0 Å². The highest BCUT2D eigenvalue weighted by Crippen LogP contribution is 2.25. The van der Waals surface area contributed by atoms with Crippen LogP contribution in [0.25, 0.3) is 16.8 Å². The standard InChI is InChI=1S/C13H16N4S/c1-3-9-16-10-7-5-6-8-11(10)17-12(16)14-15-13(17)18-4-2/h5-8H,3-4,9H2,1-2H3. The smallest absolute Gasteiger partial charge is 0.237 e. The van der Waals surface area contributed by atoms with Gasteiger partial charge in [0, 0.05) is 6.54 Å². The van der Waals surface area contributed by atoms with Crippen molar-refractivity contribution in [1.29, 1.82) is 0 Å². The molecule has 4 nitrogen and oxygen atoms in total. The van der Waals surface area contributed by atoms with Crippen molar-refractivity contribution in [2.24, 2.45) is 0 Å². The zero-order valence-electron chi connectivity index (χ0n) is 10.6. The first-order chi connectivity index (χ1) is 8.86. The number of thioether (sulfide) groups is 1. The highest BCUT2D eigenvalue weighted by Gasteiger charge is 2.15. The number of nitrogens with zero attached hydrogens (tertiary/aromatic N) is 4. The number of imidazole rings is 1. The van der Waals surface area contributed by atoms with Crippen LogP contribution in [0.5, 0.6) is 0 Å². The molecule has 0 amide bonds. The number of hydrogen-bond acceptors (Lipinski definition) is 3. The van der Waals surface area contributed by atoms with E-state index in [-0.39, 0.29) is 0 Å². The number of rotatable bonds is 4. The third-order valence-electron chi connectivity index (χ3n) is 2.99. The quantitative estimate of drug-likeness (QED) is 0.676. The van der Waals surface area contributed by atoms with Crippen LogP contribution in [-0.4, -0.2) is 24.9 Å². The van der Waals surface area contributed by atoms with E-state index < -0.39 is 0 Å². The molecule has 0 fully saturated rings. The molecule has 0 unspecified atom stereocenters. The second kappa shape index (κ2) is 4.65. The van der Waals surface area contributed by atoms with Crippen LogP contribution in [0, 0.1) is 0 Å². The van der Waals surface area contributed by atoms with E-state index in [1.54, 1.807) is 11.8 Å². The summed E-state index contributed by atoms with van der Waals surface area (Å²) in [5, 5.41) is 9.63. The molecular formula is C13H16N4S. The zero-order chi connectivity index (χ0) is 12.5. The SMILES string of the molecule is CCCn1c2ccccc2n2c(SCC)nnc12. The van der Waals surface area contributed by atoms with E-state index in [1.807, 2.05) is 0 Å². The van der Waals surface area contributed by atoms with Crippen molar-refractivity contribution in [2.75, 3.05) is 5.75 Å². The molecule has 94 valence electrons. The second-order valence-corrected chi connectivity index (χ2v) is 5.42. The average Bonchev–Trinajstić information content (AvgIpc) is 2.92. The molecule has 1 aromatic carbocycles. The van der Waals surface area contributed by atoms with Crippen molar-refractivity contribution in [3.8, 4) is 0 Å². The number of aryl methyl sites for hydroxylation is 1. The summed E-state index contributed by atoms with van der Waals surface area (Å²) in [6.45, 7) is 5.30. The molecule has 2 heterocycles. The maximum atomic E-state index is 4.35. The first kappa shape index (κ1) is 11.6. The van der Waals surface area contributed by atoms with E-state index in [1.165, 1.54) is 11.0 Å². The van der Waals surface area contributed by atoms with Crippen LogP contribution < -0.4 is 0 Å². The van der Waals surface area contributed by atoms with Gasteiger partial charge >= 0.3 is 0 Å². The third-order valence-corrected chi connectivity index (χ3v) is 3.80. The molecule has 0 bridgehead atoms. The lowest BCUT2D eigenvalue weighted by molar-refractivity contribution is 0.710. The molecule has 0 spiro atoms. The van der Waals surface area contributed by atoms with Gasteiger partial charge in [-0.05, 0) is 24.3 Å². The predicted molar refractivity (Wildman–Crippen MR) is 75.2 cm³/mol. The summed E-state index contributed by atoms with van der Waals surface area (Å²) in [4.78, 5) is 0. The van der Waals surface area contributed by atoms with Crippen LogP contribution in [-0.2, 0) is 6.54 Å². The van der Waals surface area contributed by atoms with E-state index in [4.69, 9.17) is 0 Å². The summed E-state index contributed by atoms with van der Waals surface area (Å²) in [5.74, 6) is 1.96. The van der Waals surface area contributed by atoms with Gasteiger partial charge in [-0.2, -0.15) is 0 Å². The summed E-state index contributed by atoms with van der Waals surface area (Å²) in [6, 6.07) is 8.43. The molecule has 2 aromatic heterocycles. The van der Waals surface area contributed by atoms with Crippen LogP contribution in [0.2, 0.25) is 0 Å². The van der Waals surface area contributed by atoms with Crippen molar-refractivity contribution in [2.45, 2.75) is 32.0 Å². The van der Waals surface area contributed by atoms with Gasteiger partial charge in [-0.15, -0.1) is 10.2 Å². The molecule has 0 atom stereocenters. The average molecular weight is 260 g/mol. The summed E-state index contributed by atoms with van der Waals surface area (Å²) >= 11 is 1.73. The summed E-state index contributed by atoms with van der Waals surface area (Å²) < 4.78 is 4.42. The van der Waals surface area contributed by atoms with Gasteiger partial charge in [-0.3, -0.25) is 4.40 Å². The predicted octanol–water partition coefficient (Wildman–Crippen LogP) is 3.21. The number of hydrogen-bond donors (Lipinski definition) is 0. The molecule has 3 aromatic rings. The molecular weight excluding hydrogens is 244 g/mol. The number of fused-ring (bicyclic) bond motifs is 3. The Bertz CT molecular complexity index is 683. The lowest BCUT2D eigenvalue weighted by Gasteiger charge is -2.00. The fraction of sp³-hybridized carbons (Fsp3) is 0.385. The highest BCUT2D eigenvalue weighted by atomic mass is 32.2. The molecule has 0 saturated carbocycles. The second-order valence-electron chi connectivity index (χ2n) is 4.19. The summed E-state index contributed by atoms with van der Waals surface area (Å²) in [6.07, 6.45) is 1.09. The van der Waals surface area contributed by atoms with Crippen LogP contribution in [0.1, 0.15) is 20.3 Å². The molecule has 18 heavy (non-hydrogen) atoms. The lowest BCUT2D eigenvalue weighted by atomic mass is 10.3. The van der Waals surface area contributed by atoms with Crippen molar-refractivity contribution < 1.29 is 0 Å². The Morgan fingerprint density at radius 1 is 1.11 bits per heavy atom. The number of aromatic nitrogens is 4. The fourth-order valence-electron chi connectivity index (χ4n) is 2.30.